The van der Waals surface area contributed by atoms with E-state index in [9.17, 15) is 14.7 Å². The summed E-state index contributed by atoms with van der Waals surface area (Å²) in [6.07, 6.45) is 1.64. The molecule has 0 bridgehead atoms. The number of amides is 1. The van der Waals surface area contributed by atoms with E-state index in [1.807, 2.05) is 13.0 Å². The number of hydrogen-bond acceptors (Lipinski definition) is 5. The Morgan fingerprint density at radius 1 is 1.29 bits per heavy atom. The van der Waals surface area contributed by atoms with Crippen LogP contribution in [-0.2, 0) is 4.79 Å². The summed E-state index contributed by atoms with van der Waals surface area (Å²) in [7, 11) is 0. The monoisotopic (exact) mass is 359 g/mol. The normalized spacial score (nSPS) is 16.2. The fourth-order valence-corrected chi connectivity index (χ4v) is 3.61. The summed E-state index contributed by atoms with van der Waals surface area (Å²) in [5.41, 5.74) is 1.21. The Hall–Kier alpha value is -2.38. The molecule has 1 aliphatic rings. The quantitative estimate of drug-likeness (QED) is 0.660. The number of thiocarbonyl (C=S) groups is 1. The molecule has 1 amide bonds. The highest BCUT2D eigenvalue weighted by Crippen LogP contribution is 2.36. The topological polar surface area (TPSA) is 70.8 Å². The lowest BCUT2D eigenvalue weighted by Gasteiger charge is -2.15. The Bertz CT molecular complexity index is 898. The maximum Gasteiger partial charge on any atom is 0.336 e. The van der Waals surface area contributed by atoms with E-state index in [0.29, 0.717) is 26.2 Å². The second-order valence-corrected chi connectivity index (χ2v) is 6.95. The molecule has 2 aromatic rings. The number of benzene rings is 1. The second kappa shape index (κ2) is 6.26. The van der Waals surface area contributed by atoms with Gasteiger partial charge in [0.2, 0.25) is 0 Å². The number of carboxylic acid groups (broad SMARTS) is 1. The fourth-order valence-electron chi connectivity index (χ4n) is 2.33. The molecule has 0 saturated carbocycles. The first-order valence-electron chi connectivity index (χ1n) is 7.05. The molecule has 5 nitrogen and oxygen atoms in total. The van der Waals surface area contributed by atoms with E-state index < -0.39 is 5.97 Å². The zero-order valence-electron chi connectivity index (χ0n) is 12.9. The van der Waals surface area contributed by atoms with Gasteiger partial charge in [-0.15, -0.1) is 0 Å². The molecule has 122 valence electrons. The fraction of sp³-hybridized carbons (Fsp3) is 0.118. The predicted octanol–water partition coefficient (Wildman–Crippen LogP) is 4.00. The highest BCUT2D eigenvalue weighted by atomic mass is 32.2. The Balaban J connectivity index is 1.97. The molecule has 0 atom stereocenters. The van der Waals surface area contributed by atoms with Crippen LogP contribution in [0.5, 0.6) is 0 Å². The molecule has 0 aliphatic carbocycles. The van der Waals surface area contributed by atoms with Gasteiger partial charge < -0.3 is 9.52 Å². The van der Waals surface area contributed by atoms with Gasteiger partial charge in [0.25, 0.3) is 5.91 Å². The molecule has 2 heterocycles. The van der Waals surface area contributed by atoms with Gasteiger partial charge in [0.1, 0.15) is 11.5 Å². The van der Waals surface area contributed by atoms with Crippen LogP contribution in [0.25, 0.3) is 6.08 Å². The first-order valence-corrected chi connectivity index (χ1v) is 8.27. The minimum Gasteiger partial charge on any atom is -0.478 e. The first kappa shape index (κ1) is 16.5. The summed E-state index contributed by atoms with van der Waals surface area (Å²) in [5.74, 6) is -0.00914. The van der Waals surface area contributed by atoms with Gasteiger partial charge in [-0.25, -0.2) is 4.79 Å². The largest absolute Gasteiger partial charge is 0.478 e. The van der Waals surface area contributed by atoms with E-state index in [1.165, 1.54) is 11.0 Å². The Kier molecular flexibility index (Phi) is 4.29. The number of hydrogen-bond donors (Lipinski definition) is 1. The number of aryl methyl sites for hydroxylation is 2. The van der Waals surface area contributed by atoms with Crippen LogP contribution in [0.2, 0.25) is 0 Å². The highest BCUT2D eigenvalue weighted by molar-refractivity contribution is 8.27. The molecule has 3 rings (SSSR count). The number of anilines is 1. The summed E-state index contributed by atoms with van der Waals surface area (Å²) < 4.78 is 5.81. The maximum atomic E-state index is 12.7. The molecular formula is C17H13NO4S2. The molecule has 1 N–H and O–H groups in total. The molecule has 7 heteroatoms. The van der Waals surface area contributed by atoms with Crippen molar-refractivity contribution in [2.24, 2.45) is 0 Å². The van der Waals surface area contributed by atoms with Crippen molar-refractivity contribution in [3.8, 4) is 0 Å². The molecule has 24 heavy (non-hydrogen) atoms. The molecule has 1 aliphatic heterocycles. The van der Waals surface area contributed by atoms with Gasteiger partial charge in [0.15, 0.2) is 4.32 Å². The van der Waals surface area contributed by atoms with Gasteiger partial charge in [0.05, 0.1) is 16.2 Å². The van der Waals surface area contributed by atoms with Crippen molar-refractivity contribution in [2.45, 2.75) is 13.8 Å². The van der Waals surface area contributed by atoms with Gasteiger partial charge in [-0.05, 0) is 43.7 Å². The van der Waals surface area contributed by atoms with Crippen LogP contribution < -0.4 is 4.90 Å². The van der Waals surface area contributed by atoms with Gasteiger partial charge in [-0.3, -0.25) is 9.69 Å². The average molecular weight is 359 g/mol. The molecule has 0 radical (unpaired) electrons. The van der Waals surface area contributed by atoms with Crippen LogP contribution in [0, 0.1) is 13.8 Å². The van der Waals surface area contributed by atoms with Crippen molar-refractivity contribution < 1.29 is 19.1 Å². The van der Waals surface area contributed by atoms with Crippen molar-refractivity contribution in [3.05, 3.63) is 57.9 Å². The van der Waals surface area contributed by atoms with Crippen molar-refractivity contribution in [3.63, 3.8) is 0 Å². The SMILES string of the molecule is Cc1ccc(/C=C2/SC(=S)N(c3ccc(C)c(C(=O)O)c3)C2=O)o1. The van der Waals surface area contributed by atoms with Gasteiger partial charge in [0, 0.05) is 6.08 Å². The lowest BCUT2D eigenvalue weighted by Crippen LogP contribution is -2.27. The van der Waals surface area contributed by atoms with Crippen molar-refractivity contribution >= 4 is 51.9 Å². The van der Waals surface area contributed by atoms with Crippen molar-refractivity contribution in [1.82, 2.24) is 0 Å². The number of carbonyl (C=O) groups is 2. The third kappa shape index (κ3) is 3.00. The Morgan fingerprint density at radius 2 is 2.04 bits per heavy atom. The van der Waals surface area contributed by atoms with E-state index in [0.717, 1.165) is 17.5 Å². The lowest BCUT2D eigenvalue weighted by molar-refractivity contribution is -0.113. The summed E-state index contributed by atoms with van der Waals surface area (Å²) in [5, 5.41) is 9.25. The maximum absolute atomic E-state index is 12.7. The van der Waals surface area contributed by atoms with Crippen LogP contribution >= 0.6 is 24.0 Å². The van der Waals surface area contributed by atoms with Crippen LogP contribution in [0.4, 0.5) is 5.69 Å². The third-order valence-electron chi connectivity index (χ3n) is 3.54. The van der Waals surface area contributed by atoms with E-state index in [1.54, 1.807) is 31.2 Å². The molecule has 0 spiro atoms. The molecule has 0 unspecified atom stereocenters. The van der Waals surface area contributed by atoms with Crippen LogP contribution in [0.15, 0.2) is 39.7 Å². The van der Waals surface area contributed by atoms with E-state index >= 15 is 0 Å². The smallest absolute Gasteiger partial charge is 0.336 e. The summed E-state index contributed by atoms with van der Waals surface area (Å²) in [6.45, 7) is 3.53. The zero-order chi connectivity index (χ0) is 17.4. The number of nitrogens with zero attached hydrogens (tertiary/aromatic N) is 1. The standard InChI is InChI=1S/C17H13NO4S2/c1-9-3-5-11(7-13(9)16(20)21)18-15(19)14(24-17(18)23)8-12-6-4-10(2)22-12/h3-8H,1-2H3,(H,20,21)/b14-8+. The van der Waals surface area contributed by atoms with E-state index in [-0.39, 0.29) is 11.5 Å². The minimum absolute atomic E-state index is 0.146. The number of carboxylic acids is 1. The summed E-state index contributed by atoms with van der Waals surface area (Å²) >= 11 is 6.45. The number of aromatic carboxylic acids is 1. The molecule has 1 aromatic carbocycles. The van der Waals surface area contributed by atoms with Crippen molar-refractivity contribution in [1.29, 1.82) is 0 Å². The third-order valence-corrected chi connectivity index (χ3v) is 4.84. The predicted molar refractivity (Wildman–Crippen MR) is 97.2 cm³/mol. The number of furan rings is 1. The van der Waals surface area contributed by atoms with Gasteiger partial charge in [-0.1, -0.05) is 30.0 Å². The molecular weight excluding hydrogens is 346 g/mol. The van der Waals surface area contributed by atoms with E-state index in [4.69, 9.17) is 16.6 Å². The summed E-state index contributed by atoms with van der Waals surface area (Å²) in [4.78, 5) is 25.7. The highest BCUT2D eigenvalue weighted by Gasteiger charge is 2.34. The Morgan fingerprint density at radius 3 is 2.67 bits per heavy atom. The van der Waals surface area contributed by atoms with Gasteiger partial charge >= 0.3 is 5.97 Å². The van der Waals surface area contributed by atoms with Crippen LogP contribution in [-0.4, -0.2) is 21.3 Å². The number of rotatable bonds is 3. The average Bonchev–Trinajstić information content (AvgIpc) is 3.04. The van der Waals surface area contributed by atoms with Crippen LogP contribution in [0.1, 0.15) is 27.4 Å². The summed E-state index contributed by atoms with van der Waals surface area (Å²) in [6, 6.07) is 8.40. The molecule has 1 saturated heterocycles. The molecule has 1 fully saturated rings. The molecule has 1 aromatic heterocycles. The lowest BCUT2D eigenvalue weighted by atomic mass is 10.1. The number of thioether (sulfide) groups is 1. The first-order chi connectivity index (χ1) is 11.4. The Labute approximate surface area is 148 Å². The van der Waals surface area contributed by atoms with Crippen LogP contribution in [0.3, 0.4) is 0 Å². The van der Waals surface area contributed by atoms with Gasteiger partial charge in [-0.2, -0.15) is 0 Å². The van der Waals surface area contributed by atoms with E-state index in [2.05, 4.69) is 0 Å². The number of carbonyl (C=O) groups excluding carboxylic acids is 1. The zero-order valence-corrected chi connectivity index (χ0v) is 14.5. The van der Waals surface area contributed by atoms with Crippen molar-refractivity contribution in [2.75, 3.05) is 4.90 Å². The minimum atomic E-state index is -1.04. The second-order valence-electron chi connectivity index (χ2n) is 5.27.